The maximum atomic E-state index is 12.5. The van der Waals surface area contributed by atoms with Crippen LogP contribution in [0.3, 0.4) is 0 Å². The lowest BCUT2D eigenvalue weighted by molar-refractivity contribution is -0.137. The molecule has 3 nitrogen and oxygen atoms in total. The van der Waals surface area contributed by atoms with Crippen molar-refractivity contribution in [3.05, 3.63) is 21.9 Å². The summed E-state index contributed by atoms with van der Waals surface area (Å²) in [4.78, 5) is 16.7. The van der Waals surface area contributed by atoms with Crippen LogP contribution < -0.4 is 5.73 Å². The molecule has 0 fully saturated rings. The van der Waals surface area contributed by atoms with Gasteiger partial charge in [-0.25, -0.2) is 0 Å². The molecule has 4 heteroatoms. The van der Waals surface area contributed by atoms with Crippen LogP contribution in [-0.4, -0.2) is 23.4 Å². The smallest absolute Gasteiger partial charge is 0.242 e. The lowest BCUT2D eigenvalue weighted by Gasteiger charge is -2.34. The molecular formula is C14H24N2OS. The van der Waals surface area contributed by atoms with Crippen molar-refractivity contribution in [2.75, 3.05) is 7.05 Å². The maximum absolute atomic E-state index is 12.5. The fourth-order valence-corrected chi connectivity index (χ4v) is 2.92. The van der Waals surface area contributed by atoms with Gasteiger partial charge in [-0.2, -0.15) is 0 Å². The third-order valence-corrected chi connectivity index (χ3v) is 4.93. The van der Waals surface area contributed by atoms with Crippen LogP contribution in [0, 0.1) is 6.92 Å². The Morgan fingerprint density at radius 2 is 2.00 bits per heavy atom. The summed E-state index contributed by atoms with van der Waals surface area (Å²) in [5.74, 6) is 0.0334. The fraction of sp³-hybridized carbons (Fsp3) is 0.643. The van der Waals surface area contributed by atoms with Crippen molar-refractivity contribution in [2.24, 2.45) is 5.73 Å². The second kappa shape index (κ2) is 5.85. The zero-order valence-electron chi connectivity index (χ0n) is 12.0. The summed E-state index contributed by atoms with van der Waals surface area (Å²) in [6.07, 6.45) is 1.34. The second-order valence-electron chi connectivity index (χ2n) is 4.90. The van der Waals surface area contributed by atoms with Crippen molar-refractivity contribution in [3.8, 4) is 0 Å². The highest BCUT2D eigenvalue weighted by Gasteiger charge is 2.34. The number of nitrogens with two attached hydrogens (primary N) is 1. The minimum absolute atomic E-state index is 0.0334. The van der Waals surface area contributed by atoms with E-state index in [1.807, 2.05) is 20.9 Å². The van der Waals surface area contributed by atoms with Crippen molar-refractivity contribution in [1.82, 2.24) is 4.90 Å². The Hall–Kier alpha value is -0.870. The average molecular weight is 268 g/mol. The quantitative estimate of drug-likeness (QED) is 0.892. The minimum Gasteiger partial charge on any atom is -0.337 e. The molecule has 18 heavy (non-hydrogen) atoms. The third-order valence-electron chi connectivity index (χ3n) is 3.76. The number of likely N-dealkylation sites (N-methyl/N-ethyl adjacent to an activating group) is 1. The number of aryl methyl sites for hydroxylation is 1. The molecule has 1 aromatic heterocycles. The van der Waals surface area contributed by atoms with E-state index in [9.17, 15) is 4.79 Å². The van der Waals surface area contributed by atoms with Gasteiger partial charge in [0.25, 0.3) is 0 Å². The SMILES string of the molecule is CCC(N)(CC)C(=O)N(C)C(C)c1ccc(C)s1. The fourth-order valence-electron chi connectivity index (χ4n) is 1.95. The van der Waals surface area contributed by atoms with E-state index in [0.29, 0.717) is 12.8 Å². The number of hydrogen-bond donors (Lipinski definition) is 1. The second-order valence-corrected chi connectivity index (χ2v) is 6.22. The van der Waals surface area contributed by atoms with Crippen molar-refractivity contribution in [3.63, 3.8) is 0 Å². The van der Waals surface area contributed by atoms with Gasteiger partial charge in [-0.1, -0.05) is 13.8 Å². The summed E-state index contributed by atoms with van der Waals surface area (Å²) in [6.45, 7) is 8.06. The summed E-state index contributed by atoms with van der Waals surface area (Å²) < 4.78 is 0. The number of amides is 1. The molecule has 1 atom stereocenters. The standard InChI is InChI=1S/C14H24N2OS/c1-6-14(15,7-2)13(17)16(5)11(4)12-9-8-10(3)18-12/h8-9,11H,6-7,15H2,1-5H3. The third kappa shape index (κ3) is 2.93. The highest BCUT2D eigenvalue weighted by molar-refractivity contribution is 7.12. The van der Waals surface area contributed by atoms with Crippen molar-refractivity contribution in [2.45, 2.75) is 52.1 Å². The Balaban J connectivity index is 2.87. The van der Waals surface area contributed by atoms with Gasteiger partial charge >= 0.3 is 0 Å². The maximum Gasteiger partial charge on any atom is 0.242 e. The summed E-state index contributed by atoms with van der Waals surface area (Å²) in [7, 11) is 1.84. The van der Waals surface area contributed by atoms with E-state index >= 15 is 0 Å². The molecule has 0 saturated carbocycles. The molecule has 0 spiro atoms. The highest BCUT2D eigenvalue weighted by Crippen LogP contribution is 2.28. The molecule has 1 unspecified atom stereocenters. The van der Waals surface area contributed by atoms with Crippen LogP contribution in [0.1, 0.15) is 49.4 Å². The molecule has 102 valence electrons. The molecule has 0 aliphatic heterocycles. The Kier molecular flexibility index (Phi) is 4.93. The largest absolute Gasteiger partial charge is 0.337 e. The summed E-state index contributed by atoms with van der Waals surface area (Å²) in [5, 5.41) is 0. The van der Waals surface area contributed by atoms with Crippen molar-refractivity contribution < 1.29 is 4.79 Å². The van der Waals surface area contributed by atoms with E-state index < -0.39 is 5.54 Å². The van der Waals surface area contributed by atoms with Gasteiger partial charge in [0.2, 0.25) is 5.91 Å². The first kappa shape index (κ1) is 15.2. The zero-order valence-corrected chi connectivity index (χ0v) is 12.8. The first-order valence-electron chi connectivity index (χ1n) is 6.48. The molecule has 1 rings (SSSR count). The first-order chi connectivity index (χ1) is 8.35. The first-order valence-corrected chi connectivity index (χ1v) is 7.29. The molecule has 0 aliphatic rings. The van der Waals surface area contributed by atoms with Crippen LogP contribution in [0.25, 0.3) is 0 Å². The van der Waals surface area contributed by atoms with E-state index in [1.165, 1.54) is 9.75 Å². The molecule has 0 bridgehead atoms. The van der Waals surface area contributed by atoms with Gasteiger partial charge in [0.05, 0.1) is 11.6 Å². The summed E-state index contributed by atoms with van der Waals surface area (Å²) in [5.41, 5.74) is 5.45. The summed E-state index contributed by atoms with van der Waals surface area (Å²) >= 11 is 1.73. The highest BCUT2D eigenvalue weighted by atomic mass is 32.1. The number of rotatable bonds is 5. The zero-order chi connectivity index (χ0) is 13.9. The topological polar surface area (TPSA) is 46.3 Å². The van der Waals surface area contributed by atoms with Crippen molar-refractivity contribution >= 4 is 17.2 Å². The molecule has 0 aliphatic carbocycles. The Labute approximate surface area is 114 Å². The lowest BCUT2D eigenvalue weighted by Crippen LogP contribution is -2.53. The van der Waals surface area contributed by atoms with Gasteiger partial charge in [0, 0.05) is 16.8 Å². The van der Waals surface area contributed by atoms with Crippen LogP contribution in [0.5, 0.6) is 0 Å². The number of thiophene rings is 1. The van der Waals surface area contributed by atoms with Crippen LogP contribution in [-0.2, 0) is 4.79 Å². The average Bonchev–Trinajstić information content (AvgIpc) is 2.81. The Bertz CT molecular complexity index is 410. The van der Waals surface area contributed by atoms with E-state index in [4.69, 9.17) is 5.73 Å². The van der Waals surface area contributed by atoms with Crippen molar-refractivity contribution in [1.29, 1.82) is 0 Å². The molecular weight excluding hydrogens is 244 g/mol. The minimum atomic E-state index is -0.727. The molecule has 0 saturated heterocycles. The number of carbonyl (C=O) groups is 1. The van der Waals surface area contributed by atoms with Gasteiger partial charge in [-0.05, 0) is 38.8 Å². The van der Waals surface area contributed by atoms with Gasteiger partial charge in [0.1, 0.15) is 0 Å². The molecule has 2 N–H and O–H groups in total. The Morgan fingerprint density at radius 3 is 2.39 bits per heavy atom. The molecule has 1 amide bonds. The van der Waals surface area contributed by atoms with Gasteiger partial charge in [-0.3, -0.25) is 4.79 Å². The molecule has 0 aromatic carbocycles. The molecule has 0 radical (unpaired) electrons. The molecule has 1 heterocycles. The van der Waals surface area contributed by atoms with Crippen LogP contribution >= 0.6 is 11.3 Å². The lowest BCUT2D eigenvalue weighted by atomic mass is 9.92. The van der Waals surface area contributed by atoms with Crippen LogP contribution in [0.4, 0.5) is 0 Å². The predicted molar refractivity (Wildman–Crippen MR) is 77.7 cm³/mol. The monoisotopic (exact) mass is 268 g/mol. The Morgan fingerprint density at radius 1 is 1.44 bits per heavy atom. The summed E-state index contributed by atoms with van der Waals surface area (Å²) in [6, 6.07) is 4.26. The van der Waals surface area contributed by atoms with E-state index in [2.05, 4.69) is 26.0 Å². The van der Waals surface area contributed by atoms with Gasteiger partial charge < -0.3 is 10.6 Å². The number of carbonyl (C=O) groups excluding carboxylic acids is 1. The molecule has 1 aromatic rings. The number of hydrogen-bond acceptors (Lipinski definition) is 3. The van der Waals surface area contributed by atoms with Crippen LogP contribution in [0.2, 0.25) is 0 Å². The van der Waals surface area contributed by atoms with Gasteiger partial charge in [0.15, 0.2) is 0 Å². The predicted octanol–water partition coefficient (Wildman–Crippen LogP) is 3.09. The van der Waals surface area contributed by atoms with E-state index in [-0.39, 0.29) is 11.9 Å². The number of nitrogens with zero attached hydrogens (tertiary/aromatic N) is 1. The normalized spacial score (nSPS) is 13.4. The van der Waals surface area contributed by atoms with E-state index in [0.717, 1.165) is 0 Å². The van der Waals surface area contributed by atoms with E-state index in [1.54, 1.807) is 16.2 Å². The van der Waals surface area contributed by atoms with Crippen LogP contribution in [0.15, 0.2) is 12.1 Å². The van der Waals surface area contributed by atoms with Gasteiger partial charge in [-0.15, -0.1) is 11.3 Å².